The molecular weight excluding hydrogens is 288 g/mol. The SMILES string of the molecule is COc1cc(Cl)cc(CNCCCN(C)C)c1OC(C)C. The smallest absolute Gasteiger partial charge is 0.166 e. The minimum Gasteiger partial charge on any atom is -0.493 e. The first-order chi connectivity index (χ1) is 9.93. The molecule has 0 fully saturated rings. The summed E-state index contributed by atoms with van der Waals surface area (Å²) in [7, 11) is 5.79. The summed E-state index contributed by atoms with van der Waals surface area (Å²) in [4.78, 5) is 2.18. The molecule has 21 heavy (non-hydrogen) atoms. The van der Waals surface area contributed by atoms with Gasteiger partial charge in [-0.1, -0.05) is 11.6 Å². The summed E-state index contributed by atoms with van der Waals surface area (Å²) in [5.41, 5.74) is 1.03. The van der Waals surface area contributed by atoms with Gasteiger partial charge < -0.3 is 19.7 Å². The molecule has 0 atom stereocenters. The van der Waals surface area contributed by atoms with E-state index in [4.69, 9.17) is 21.1 Å². The topological polar surface area (TPSA) is 33.7 Å². The number of halogens is 1. The summed E-state index contributed by atoms with van der Waals surface area (Å²) in [6, 6.07) is 3.72. The summed E-state index contributed by atoms with van der Waals surface area (Å²) in [5, 5.41) is 4.09. The molecule has 1 N–H and O–H groups in total. The number of nitrogens with zero attached hydrogens (tertiary/aromatic N) is 1. The summed E-state index contributed by atoms with van der Waals surface area (Å²) in [6.45, 7) is 6.74. The van der Waals surface area contributed by atoms with E-state index in [2.05, 4.69) is 24.3 Å². The zero-order chi connectivity index (χ0) is 15.8. The number of benzene rings is 1. The van der Waals surface area contributed by atoms with E-state index < -0.39 is 0 Å². The van der Waals surface area contributed by atoms with Gasteiger partial charge in [-0.3, -0.25) is 0 Å². The second-order valence-electron chi connectivity index (χ2n) is 5.60. The Labute approximate surface area is 133 Å². The van der Waals surface area contributed by atoms with Gasteiger partial charge in [0.15, 0.2) is 11.5 Å². The van der Waals surface area contributed by atoms with Crippen molar-refractivity contribution in [2.24, 2.45) is 0 Å². The maximum atomic E-state index is 6.15. The second-order valence-corrected chi connectivity index (χ2v) is 6.03. The summed E-state index contributed by atoms with van der Waals surface area (Å²) in [6.07, 6.45) is 1.19. The molecule has 0 aliphatic heterocycles. The van der Waals surface area contributed by atoms with E-state index in [1.54, 1.807) is 13.2 Å². The Morgan fingerprint density at radius 2 is 2.00 bits per heavy atom. The van der Waals surface area contributed by atoms with Crippen LogP contribution in [0.15, 0.2) is 12.1 Å². The highest BCUT2D eigenvalue weighted by Crippen LogP contribution is 2.35. The van der Waals surface area contributed by atoms with Gasteiger partial charge in [-0.25, -0.2) is 0 Å². The third kappa shape index (κ3) is 6.55. The molecule has 5 heteroatoms. The van der Waals surface area contributed by atoms with Crippen LogP contribution >= 0.6 is 11.6 Å². The van der Waals surface area contributed by atoms with Crippen molar-refractivity contribution in [3.05, 3.63) is 22.7 Å². The quantitative estimate of drug-likeness (QED) is 0.710. The highest BCUT2D eigenvalue weighted by Gasteiger charge is 2.14. The maximum absolute atomic E-state index is 6.15. The summed E-state index contributed by atoms with van der Waals surface area (Å²) >= 11 is 6.15. The van der Waals surface area contributed by atoms with Gasteiger partial charge in [0.1, 0.15) is 0 Å². The molecule has 0 saturated carbocycles. The van der Waals surface area contributed by atoms with E-state index in [1.165, 1.54) is 0 Å². The molecule has 0 bridgehead atoms. The molecule has 1 aromatic rings. The lowest BCUT2D eigenvalue weighted by molar-refractivity contribution is 0.227. The minimum atomic E-state index is 0.0903. The van der Waals surface area contributed by atoms with Crippen molar-refractivity contribution in [2.45, 2.75) is 32.9 Å². The number of methoxy groups -OCH3 is 1. The van der Waals surface area contributed by atoms with Crippen molar-refractivity contribution in [1.29, 1.82) is 0 Å². The molecule has 0 heterocycles. The summed E-state index contributed by atoms with van der Waals surface area (Å²) in [5.74, 6) is 1.46. The van der Waals surface area contributed by atoms with E-state index in [-0.39, 0.29) is 6.10 Å². The van der Waals surface area contributed by atoms with Crippen molar-refractivity contribution >= 4 is 11.6 Å². The highest BCUT2D eigenvalue weighted by atomic mass is 35.5. The number of hydrogen-bond donors (Lipinski definition) is 1. The molecule has 0 saturated heterocycles. The standard InChI is InChI=1S/C16H27ClN2O2/c1-12(2)21-16-13(9-14(17)10-15(16)20-5)11-18-7-6-8-19(3)4/h9-10,12,18H,6-8,11H2,1-5H3. The molecule has 0 spiro atoms. The van der Waals surface area contributed by atoms with E-state index in [0.717, 1.165) is 30.8 Å². The Kier molecular flexibility index (Phi) is 7.86. The number of nitrogens with one attached hydrogen (secondary N) is 1. The Morgan fingerprint density at radius 1 is 1.29 bits per heavy atom. The third-order valence-electron chi connectivity index (χ3n) is 2.94. The number of rotatable bonds is 9. The molecule has 0 unspecified atom stereocenters. The molecular formula is C16H27ClN2O2. The molecule has 0 radical (unpaired) electrons. The van der Waals surface area contributed by atoms with Gasteiger partial charge in [0.05, 0.1) is 13.2 Å². The first-order valence-corrected chi connectivity index (χ1v) is 7.70. The van der Waals surface area contributed by atoms with Crippen LogP contribution in [-0.4, -0.2) is 45.3 Å². The van der Waals surface area contributed by atoms with Crippen molar-refractivity contribution < 1.29 is 9.47 Å². The average molecular weight is 315 g/mol. The van der Waals surface area contributed by atoms with Gasteiger partial charge in [0.25, 0.3) is 0 Å². The minimum absolute atomic E-state index is 0.0903. The Hall–Kier alpha value is -0.970. The predicted molar refractivity (Wildman–Crippen MR) is 88.6 cm³/mol. The lowest BCUT2D eigenvalue weighted by Gasteiger charge is -2.18. The van der Waals surface area contributed by atoms with Gasteiger partial charge in [-0.15, -0.1) is 0 Å². The van der Waals surface area contributed by atoms with Crippen LogP contribution in [0.3, 0.4) is 0 Å². The van der Waals surface area contributed by atoms with Crippen LogP contribution in [0.25, 0.3) is 0 Å². The molecule has 0 aliphatic carbocycles. The van der Waals surface area contributed by atoms with Crippen LogP contribution in [-0.2, 0) is 6.54 Å². The van der Waals surface area contributed by atoms with Crippen molar-refractivity contribution in [1.82, 2.24) is 10.2 Å². The van der Waals surface area contributed by atoms with Crippen molar-refractivity contribution in [3.8, 4) is 11.5 Å². The maximum Gasteiger partial charge on any atom is 0.166 e. The monoisotopic (exact) mass is 314 g/mol. The van der Waals surface area contributed by atoms with Crippen LogP contribution in [0.5, 0.6) is 11.5 Å². The van der Waals surface area contributed by atoms with Gasteiger partial charge in [-0.2, -0.15) is 0 Å². The van der Waals surface area contributed by atoms with Crippen LogP contribution < -0.4 is 14.8 Å². The Bertz CT molecular complexity index is 437. The zero-order valence-corrected chi connectivity index (χ0v) is 14.5. The summed E-state index contributed by atoms with van der Waals surface area (Å²) < 4.78 is 11.3. The fraction of sp³-hybridized carbons (Fsp3) is 0.625. The third-order valence-corrected chi connectivity index (χ3v) is 3.16. The first kappa shape index (κ1) is 18.1. The molecule has 4 nitrogen and oxygen atoms in total. The van der Waals surface area contributed by atoms with E-state index >= 15 is 0 Å². The Morgan fingerprint density at radius 3 is 2.57 bits per heavy atom. The fourth-order valence-electron chi connectivity index (χ4n) is 2.02. The van der Waals surface area contributed by atoms with Crippen LogP contribution in [0, 0.1) is 0 Å². The van der Waals surface area contributed by atoms with Crippen molar-refractivity contribution in [3.63, 3.8) is 0 Å². The predicted octanol–water partition coefficient (Wildman–Crippen LogP) is 3.18. The molecule has 1 rings (SSSR count). The molecule has 0 aliphatic rings. The van der Waals surface area contributed by atoms with Crippen LogP contribution in [0.2, 0.25) is 5.02 Å². The van der Waals surface area contributed by atoms with E-state index in [0.29, 0.717) is 17.3 Å². The van der Waals surface area contributed by atoms with Gasteiger partial charge in [0, 0.05) is 23.2 Å². The van der Waals surface area contributed by atoms with Crippen LogP contribution in [0.1, 0.15) is 25.8 Å². The average Bonchev–Trinajstić information content (AvgIpc) is 2.39. The van der Waals surface area contributed by atoms with Gasteiger partial charge >= 0.3 is 0 Å². The lowest BCUT2D eigenvalue weighted by Crippen LogP contribution is -2.21. The number of ether oxygens (including phenoxy) is 2. The van der Waals surface area contributed by atoms with E-state index in [9.17, 15) is 0 Å². The molecule has 0 aromatic heterocycles. The fourth-order valence-corrected chi connectivity index (χ4v) is 2.25. The van der Waals surface area contributed by atoms with Crippen molar-refractivity contribution in [2.75, 3.05) is 34.3 Å². The lowest BCUT2D eigenvalue weighted by atomic mass is 10.1. The molecule has 120 valence electrons. The van der Waals surface area contributed by atoms with E-state index in [1.807, 2.05) is 19.9 Å². The second kappa shape index (κ2) is 9.13. The van der Waals surface area contributed by atoms with Gasteiger partial charge in [0.2, 0.25) is 0 Å². The highest BCUT2D eigenvalue weighted by molar-refractivity contribution is 6.30. The van der Waals surface area contributed by atoms with Crippen LogP contribution in [0.4, 0.5) is 0 Å². The first-order valence-electron chi connectivity index (χ1n) is 7.32. The Balaban J connectivity index is 2.72. The largest absolute Gasteiger partial charge is 0.493 e. The van der Waals surface area contributed by atoms with Gasteiger partial charge in [-0.05, 0) is 53.5 Å². The molecule has 0 amide bonds. The zero-order valence-electron chi connectivity index (χ0n) is 13.7. The normalized spacial score (nSPS) is 11.2. The molecule has 1 aromatic carbocycles. The number of hydrogen-bond acceptors (Lipinski definition) is 4.